The van der Waals surface area contributed by atoms with Crippen LogP contribution in [-0.4, -0.2) is 19.1 Å². The number of hydrogen-bond acceptors (Lipinski definition) is 3. The van der Waals surface area contributed by atoms with Gasteiger partial charge in [-0.25, -0.2) is 0 Å². The van der Waals surface area contributed by atoms with Crippen LogP contribution in [-0.2, 0) is 0 Å². The lowest BCUT2D eigenvalue weighted by Gasteiger charge is -2.31. The Morgan fingerprint density at radius 2 is 2.46 bits per heavy atom. The summed E-state index contributed by atoms with van der Waals surface area (Å²) in [4.78, 5) is 3.78. The van der Waals surface area contributed by atoms with Crippen molar-refractivity contribution in [3.8, 4) is 0 Å². The predicted octanol–water partition coefficient (Wildman–Crippen LogP) is 1.98. The first-order valence-corrected chi connectivity index (χ1v) is 5.69. The van der Waals surface area contributed by atoms with Crippen LogP contribution < -0.4 is 10.6 Å². The summed E-state index contributed by atoms with van der Waals surface area (Å²) in [5.74, 6) is 0. The molecule has 0 aromatic carbocycles. The van der Waals surface area contributed by atoms with Gasteiger partial charge in [0.1, 0.15) is 0 Å². The van der Waals surface area contributed by atoms with Crippen LogP contribution in [0.4, 0.5) is 5.69 Å². The smallest absolute Gasteiger partial charge is 0.0478 e. The normalized spacial score (nSPS) is 23.5. The van der Waals surface area contributed by atoms with Gasteiger partial charge in [0.25, 0.3) is 0 Å². The third-order valence-corrected chi connectivity index (χ3v) is 3.39. The monoisotopic (exact) mass is 196 g/mol. The highest BCUT2D eigenvalue weighted by Gasteiger charge is 2.17. The second-order valence-electron chi connectivity index (χ2n) is 3.76. The van der Waals surface area contributed by atoms with E-state index in [2.05, 4.69) is 23.3 Å². The van der Waals surface area contributed by atoms with Crippen LogP contribution in [0.25, 0.3) is 0 Å². The summed E-state index contributed by atoms with van der Waals surface area (Å²) < 4.78 is 0. The average molecular weight is 196 g/mol. The molecule has 1 saturated heterocycles. The van der Waals surface area contributed by atoms with E-state index >= 15 is 0 Å². The van der Waals surface area contributed by atoms with Crippen molar-refractivity contribution in [1.82, 2.24) is 0 Å². The maximum Gasteiger partial charge on any atom is 0.0478 e. The largest absolute Gasteiger partial charge is 0.369 e. The molecule has 72 valence electrons. The minimum absolute atomic E-state index is 0.369. The third-order valence-electron chi connectivity index (χ3n) is 2.54. The maximum absolute atomic E-state index is 5.93. The second-order valence-corrected chi connectivity index (χ2v) is 4.88. The van der Waals surface area contributed by atoms with Crippen LogP contribution in [0.3, 0.4) is 0 Å². The molecule has 1 atom stereocenters. The van der Waals surface area contributed by atoms with Gasteiger partial charge in [-0.1, -0.05) is 0 Å². The summed E-state index contributed by atoms with van der Waals surface area (Å²) in [7, 11) is 0. The molecule has 2 heterocycles. The highest BCUT2D eigenvalue weighted by atomic mass is 32.1. The standard InChI is InChI=1S/C10H16N2S/c1-8-5-10(7-13-8)12-4-2-3-9(11)6-12/h5,7,9H,2-4,6,11H2,1H3. The fourth-order valence-corrected chi connectivity index (χ4v) is 2.55. The predicted molar refractivity (Wildman–Crippen MR) is 58.5 cm³/mol. The molecule has 1 aromatic heterocycles. The molecule has 3 heteroatoms. The van der Waals surface area contributed by atoms with Crippen molar-refractivity contribution >= 4 is 17.0 Å². The first-order valence-electron chi connectivity index (χ1n) is 4.81. The Labute approximate surface area is 83.4 Å². The quantitative estimate of drug-likeness (QED) is 0.744. The van der Waals surface area contributed by atoms with Gasteiger partial charge in [0.15, 0.2) is 0 Å². The number of thiophene rings is 1. The van der Waals surface area contributed by atoms with Crippen LogP contribution >= 0.6 is 11.3 Å². The minimum atomic E-state index is 0.369. The number of rotatable bonds is 1. The summed E-state index contributed by atoms with van der Waals surface area (Å²) >= 11 is 1.82. The Morgan fingerprint density at radius 1 is 1.62 bits per heavy atom. The van der Waals surface area contributed by atoms with Crippen molar-refractivity contribution in [3.05, 3.63) is 16.3 Å². The number of nitrogens with zero attached hydrogens (tertiary/aromatic N) is 1. The van der Waals surface area contributed by atoms with Crippen LogP contribution in [0.15, 0.2) is 11.4 Å². The van der Waals surface area contributed by atoms with E-state index in [0.29, 0.717) is 6.04 Å². The summed E-state index contributed by atoms with van der Waals surface area (Å²) in [6, 6.07) is 2.62. The molecule has 1 aromatic rings. The molecule has 1 fully saturated rings. The van der Waals surface area contributed by atoms with Crippen molar-refractivity contribution in [2.45, 2.75) is 25.8 Å². The zero-order valence-electron chi connectivity index (χ0n) is 7.99. The van der Waals surface area contributed by atoms with Gasteiger partial charge >= 0.3 is 0 Å². The lowest BCUT2D eigenvalue weighted by Crippen LogP contribution is -2.42. The molecule has 0 saturated carbocycles. The summed E-state index contributed by atoms with van der Waals surface area (Å²) in [5.41, 5.74) is 7.29. The van der Waals surface area contributed by atoms with Gasteiger partial charge in [0.05, 0.1) is 0 Å². The van der Waals surface area contributed by atoms with E-state index in [9.17, 15) is 0 Å². The van der Waals surface area contributed by atoms with Crippen molar-refractivity contribution in [3.63, 3.8) is 0 Å². The van der Waals surface area contributed by atoms with E-state index in [0.717, 1.165) is 6.54 Å². The molecule has 13 heavy (non-hydrogen) atoms. The first-order chi connectivity index (χ1) is 6.25. The molecule has 0 radical (unpaired) electrons. The van der Waals surface area contributed by atoms with E-state index in [-0.39, 0.29) is 0 Å². The van der Waals surface area contributed by atoms with Gasteiger partial charge in [0, 0.05) is 35.1 Å². The van der Waals surface area contributed by atoms with Crippen molar-refractivity contribution in [1.29, 1.82) is 0 Å². The molecule has 2 N–H and O–H groups in total. The van der Waals surface area contributed by atoms with Crippen molar-refractivity contribution in [2.24, 2.45) is 5.73 Å². The molecule has 0 bridgehead atoms. The minimum Gasteiger partial charge on any atom is -0.369 e. The molecule has 0 aliphatic carbocycles. The maximum atomic E-state index is 5.93. The Hall–Kier alpha value is -0.540. The van der Waals surface area contributed by atoms with Crippen LogP contribution in [0, 0.1) is 6.92 Å². The van der Waals surface area contributed by atoms with Gasteiger partial charge in [-0.15, -0.1) is 11.3 Å². The highest BCUT2D eigenvalue weighted by Crippen LogP contribution is 2.24. The Balaban J connectivity index is 2.08. The van der Waals surface area contributed by atoms with E-state index < -0.39 is 0 Å². The van der Waals surface area contributed by atoms with Crippen LogP contribution in [0.5, 0.6) is 0 Å². The Morgan fingerprint density at radius 3 is 3.08 bits per heavy atom. The summed E-state index contributed by atoms with van der Waals surface area (Å²) in [5, 5.41) is 2.23. The van der Waals surface area contributed by atoms with Crippen LogP contribution in [0.1, 0.15) is 17.7 Å². The zero-order chi connectivity index (χ0) is 9.26. The average Bonchev–Trinajstić information content (AvgIpc) is 2.52. The molecule has 1 aliphatic heterocycles. The molecule has 2 nitrogen and oxygen atoms in total. The second kappa shape index (κ2) is 3.68. The molecular weight excluding hydrogens is 180 g/mol. The van der Waals surface area contributed by atoms with Crippen molar-refractivity contribution < 1.29 is 0 Å². The Bertz CT molecular complexity index is 282. The van der Waals surface area contributed by atoms with Crippen molar-refractivity contribution in [2.75, 3.05) is 18.0 Å². The van der Waals surface area contributed by atoms with Gasteiger partial charge in [-0.3, -0.25) is 0 Å². The molecule has 1 unspecified atom stereocenters. The molecule has 0 spiro atoms. The molecule has 2 rings (SSSR count). The summed E-state index contributed by atoms with van der Waals surface area (Å²) in [6.07, 6.45) is 2.41. The number of aryl methyl sites for hydroxylation is 1. The first kappa shape index (κ1) is 9.03. The number of hydrogen-bond donors (Lipinski definition) is 1. The van der Waals surface area contributed by atoms with Gasteiger partial charge in [-0.05, 0) is 25.8 Å². The molecular formula is C10H16N2S. The Kier molecular flexibility index (Phi) is 2.56. The molecule has 1 aliphatic rings. The van der Waals surface area contributed by atoms with Gasteiger partial charge < -0.3 is 10.6 Å². The number of piperidine rings is 1. The number of anilines is 1. The SMILES string of the molecule is Cc1cc(N2CCCC(N)C2)cs1. The van der Waals surface area contributed by atoms with E-state index in [1.54, 1.807) is 0 Å². The highest BCUT2D eigenvalue weighted by molar-refractivity contribution is 7.10. The van der Waals surface area contributed by atoms with E-state index in [1.807, 2.05) is 11.3 Å². The molecule has 0 amide bonds. The fraction of sp³-hybridized carbons (Fsp3) is 0.600. The lowest BCUT2D eigenvalue weighted by molar-refractivity contribution is 0.506. The van der Waals surface area contributed by atoms with Crippen LogP contribution in [0.2, 0.25) is 0 Å². The lowest BCUT2D eigenvalue weighted by atomic mass is 10.1. The topological polar surface area (TPSA) is 29.3 Å². The fourth-order valence-electron chi connectivity index (χ4n) is 1.84. The van der Waals surface area contributed by atoms with Gasteiger partial charge in [0.2, 0.25) is 0 Å². The van der Waals surface area contributed by atoms with Gasteiger partial charge in [-0.2, -0.15) is 0 Å². The summed E-state index contributed by atoms with van der Waals surface area (Å²) in [6.45, 7) is 4.35. The number of nitrogens with two attached hydrogens (primary N) is 1. The van der Waals surface area contributed by atoms with E-state index in [4.69, 9.17) is 5.73 Å². The van der Waals surface area contributed by atoms with E-state index in [1.165, 1.54) is 30.0 Å². The third kappa shape index (κ3) is 2.03. The zero-order valence-corrected chi connectivity index (χ0v) is 8.81.